The van der Waals surface area contributed by atoms with Gasteiger partial charge in [0.2, 0.25) is 0 Å². The molecule has 0 aromatic rings. The molecule has 3 nitrogen and oxygen atoms in total. The van der Waals surface area contributed by atoms with Gasteiger partial charge >= 0.3 is 6.18 Å². The van der Waals surface area contributed by atoms with Crippen LogP contribution in [-0.4, -0.2) is 33.9 Å². The number of aliphatic hydroxyl groups excluding tert-OH is 1. The lowest BCUT2D eigenvalue weighted by atomic mass is 9.43. The molecule has 160 valence electrons. The predicted octanol–water partition coefficient (Wildman–Crippen LogP) is 4.50. The highest BCUT2D eigenvalue weighted by Crippen LogP contribution is 2.68. The van der Waals surface area contributed by atoms with Crippen LogP contribution in [0.25, 0.3) is 0 Å². The molecule has 0 aromatic carbocycles. The standard InChI is InChI=1S/C22H33F3O3/c1-12(26)15-6-7-16-14-5-4-13-10-21(28,22(23,24)25)18(27)11-20(13,3)17(14)8-9-19(15,16)2/h13-18,27-28H,4-11H2,1-3H3/t13-,14+,15-,16+,17+,18?,19-,20+,21+/m1/s1. The number of halogens is 3. The van der Waals surface area contributed by atoms with Crippen LogP contribution in [0.3, 0.4) is 0 Å². The van der Waals surface area contributed by atoms with Gasteiger partial charge in [0, 0.05) is 5.92 Å². The van der Waals surface area contributed by atoms with Gasteiger partial charge in [-0.15, -0.1) is 0 Å². The van der Waals surface area contributed by atoms with Gasteiger partial charge in [0.1, 0.15) is 5.78 Å². The van der Waals surface area contributed by atoms with E-state index < -0.39 is 24.3 Å². The molecule has 0 heterocycles. The Morgan fingerprint density at radius 1 is 0.964 bits per heavy atom. The number of carbonyl (C=O) groups is 1. The Hall–Kier alpha value is -0.620. The first-order valence-corrected chi connectivity index (χ1v) is 10.8. The van der Waals surface area contributed by atoms with E-state index >= 15 is 0 Å². The van der Waals surface area contributed by atoms with E-state index in [9.17, 15) is 28.2 Å². The number of hydrogen-bond acceptors (Lipinski definition) is 3. The SMILES string of the molecule is CC(=O)[C@H]1CC[C@H]2[C@@H]3CC[C@@H]4C[C@@](O)(C(F)(F)F)C(O)C[C@]4(C)[C@H]3CC[C@]12C. The second-order valence-corrected chi connectivity index (χ2v) is 10.8. The molecule has 9 atom stereocenters. The van der Waals surface area contributed by atoms with Gasteiger partial charge in [-0.25, -0.2) is 0 Å². The summed E-state index contributed by atoms with van der Waals surface area (Å²) in [5.74, 6) is 1.27. The summed E-state index contributed by atoms with van der Waals surface area (Å²) in [4.78, 5) is 12.2. The summed E-state index contributed by atoms with van der Waals surface area (Å²) in [6.45, 7) is 5.99. The Kier molecular flexibility index (Phi) is 4.57. The lowest BCUT2D eigenvalue weighted by molar-refractivity contribution is -0.321. The van der Waals surface area contributed by atoms with E-state index in [1.54, 1.807) is 6.92 Å². The van der Waals surface area contributed by atoms with Crippen molar-refractivity contribution in [2.45, 2.75) is 90.0 Å². The highest BCUT2D eigenvalue weighted by atomic mass is 19.4. The number of fused-ring (bicyclic) bond motifs is 5. The fraction of sp³-hybridized carbons (Fsp3) is 0.955. The van der Waals surface area contributed by atoms with Crippen LogP contribution in [0, 0.1) is 40.4 Å². The van der Waals surface area contributed by atoms with Crippen molar-refractivity contribution < 1.29 is 28.2 Å². The number of aliphatic hydroxyl groups is 2. The van der Waals surface area contributed by atoms with E-state index in [1.165, 1.54) is 0 Å². The van der Waals surface area contributed by atoms with Crippen molar-refractivity contribution in [1.29, 1.82) is 0 Å². The molecule has 0 amide bonds. The second-order valence-electron chi connectivity index (χ2n) is 10.8. The smallest absolute Gasteiger partial charge is 0.390 e. The Morgan fingerprint density at radius 2 is 1.61 bits per heavy atom. The summed E-state index contributed by atoms with van der Waals surface area (Å²) in [5, 5.41) is 20.7. The second kappa shape index (κ2) is 6.19. The number of carbonyl (C=O) groups excluding carboxylic acids is 1. The molecule has 0 bridgehead atoms. The average Bonchev–Trinajstić information content (AvgIpc) is 2.93. The fourth-order valence-electron chi connectivity index (χ4n) is 8.26. The molecule has 0 saturated heterocycles. The first kappa shape index (κ1) is 20.6. The van der Waals surface area contributed by atoms with E-state index in [2.05, 4.69) is 6.92 Å². The maximum atomic E-state index is 13.5. The zero-order valence-electron chi connectivity index (χ0n) is 17.1. The van der Waals surface area contributed by atoms with Gasteiger partial charge < -0.3 is 10.2 Å². The van der Waals surface area contributed by atoms with Gasteiger partial charge in [-0.1, -0.05) is 13.8 Å². The van der Waals surface area contributed by atoms with Crippen LogP contribution < -0.4 is 0 Å². The summed E-state index contributed by atoms with van der Waals surface area (Å²) in [7, 11) is 0. The van der Waals surface area contributed by atoms with Crippen molar-refractivity contribution in [3.8, 4) is 0 Å². The Morgan fingerprint density at radius 3 is 2.21 bits per heavy atom. The zero-order chi connectivity index (χ0) is 20.7. The molecule has 4 aliphatic rings. The Bertz CT molecular complexity index is 664. The van der Waals surface area contributed by atoms with Crippen LogP contribution in [0.15, 0.2) is 0 Å². The molecule has 1 unspecified atom stereocenters. The maximum Gasteiger partial charge on any atom is 0.419 e. The highest BCUT2D eigenvalue weighted by Gasteiger charge is 2.68. The third-order valence-corrected chi connectivity index (χ3v) is 9.79. The highest BCUT2D eigenvalue weighted by molar-refractivity contribution is 5.79. The number of rotatable bonds is 1. The lowest BCUT2D eigenvalue weighted by Crippen LogP contribution is -2.65. The summed E-state index contributed by atoms with van der Waals surface area (Å²) >= 11 is 0. The normalized spacial score (nSPS) is 53.9. The molecule has 0 aliphatic heterocycles. The molecule has 0 aromatic heterocycles. The Balaban J connectivity index is 1.62. The molecule has 4 rings (SSSR count). The fourth-order valence-corrected chi connectivity index (χ4v) is 8.26. The van der Waals surface area contributed by atoms with Gasteiger partial charge in [0.05, 0.1) is 6.10 Å². The topological polar surface area (TPSA) is 57.5 Å². The minimum Gasteiger partial charge on any atom is -0.390 e. The van der Waals surface area contributed by atoms with Crippen LogP contribution in [0.5, 0.6) is 0 Å². The third-order valence-electron chi connectivity index (χ3n) is 9.79. The van der Waals surface area contributed by atoms with E-state index in [0.717, 1.165) is 32.1 Å². The number of alkyl halides is 3. The van der Waals surface area contributed by atoms with Crippen molar-refractivity contribution in [1.82, 2.24) is 0 Å². The van der Waals surface area contributed by atoms with Crippen molar-refractivity contribution >= 4 is 5.78 Å². The predicted molar refractivity (Wildman–Crippen MR) is 98.3 cm³/mol. The molecule has 4 aliphatic carbocycles. The van der Waals surface area contributed by atoms with Gasteiger partial charge in [-0.3, -0.25) is 4.79 Å². The first-order valence-electron chi connectivity index (χ1n) is 10.8. The summed E-state index contributed by atoms with van der Waals surface area (Å²) < 4.78 is 40.5. The minimum absolute atomic E-state index is 0.00835. The quantitative estimate of drug-likeness (QED) is 0.679. The van der Waals surface area contributed by atoms with Crippen LogP contribution in [0.4, 0.5) is 13.2 Å². The summed E-state index contributed by atoms with van der Waals surface area (Å²) in [6.07, 6.45) is -1.63. The van der Waals surface area contributed by atoms with E-state index in [0.29, 0.717) is 18.3 Å². The molecule has 0 radical (unpaired) electrons. The molecule has 2 N–H and O–H groups in total. The molecular weight excluding hydrogens is 369 g/mol. The van der Waals surface area contributed by atoms with Gasteiger partial charge in [-0.05, 0) is 92.8 Å². The number of Topliss-reactive ketones (excluding diaryl/α,β-unsaturated/α-hetero) is 1. The molecule has 28 heavy (non-hydrogen) atoms. The lowest BCUT2D eigenvalue weighted by Gasteiger charge is -2.62. The largest absolute Gasteiger partial charge is 0.419 e. The van der Waals surface area contributed by atoms with Gasteiger partial charge in [0.25, 0.3) is 0 Å². The zero-order valence-corrected chi connectivity index (χ0v) is 17.1. The first-order chi connectivity index (χ1) is 12.8. The van der Waals surface area contributed by atoms with Crippen LogP contribution in [0.2, 0.25) is 0 Å². The van der Waals surface area contributed by atoms with Crippen LogP contribution in [0.1, 0.15) is 72.1 Å². The molecular formula is C22H33F3O3. The maximum absolute atomic E-state index is 13.5. The van der Waals surface area contributed by atoms with Crippen LogP contribution >= 0.6 is 0 Å². The van der Waals surface area contributed by atoms with Crippen molar-refractivity contribution in [3.05, 3.63) is 0 Å². The minimum atomic E-state index is -4.81. The third kappa shape index (κ3) is 2.59. The van der Waals surface area contributed by atoms with E-state index in [4.69, 9.17) is 0 Å². The van der Waals surface area contributed by atoms with Crippen molar-refractivity contribution in [2.75, 3.05) is 0 Å². The van der Waals surface area contributed by atoms with Crippen LogP contribution in [-0.2, 0) is 4.79 Å². The monoisotopic (exact) mass is 402 g/mol. The van der Waals surface area contributed by atoms with Crippen molar-refractivity contribution in [3.63, 3.8) is 0 Å². The molecule has 4 fully saturated rings. The summed E-state index contributed by atoms with van der Waals surface area (Å²) in [5.41, 5.74) is -3.36. The van der Waals surface area contributed by atoms with E-state index in [1.807, 2.05) is 6.92 Å². The van der Waals surface area contributed by atoms with Gasteiger partial charge in [0.15, 0.2) is 5.60 Å². The molecule has 0 spiro atoms. The van der Waals surface area contributed by atoms with Crippen molar-refractivity contribution in [2.24, 2.45) is 40.4 Å². The molecule has 6 heteroatoms. The summed E-state index contributed by atoms with van der Waals surface area (Å²) in [6, 6.07) is 0. The number of ketones is 1. The molecule has 4 saturated carbocycles. The Labute approximate surface area is 165 Å². The average molecular weight is 402 g/mol. The van der Waals surface area contributed by atoms with E-state index in [-0.39, 0.29) is 40.8 Å². The number of hydrogen-bond donors (Lipinski definition) is 2. The van der Waals surface area contributed by atoms with Gasteiger partial charge in [-0.2, -0.15) is 13.2 Å².